The van der Waals surface area contributed by atoms with E-state index in [9.17, 15) is 19.7 Å². The number of halogens is 1. The lowest BCUT2D eigenvalue weighted by atomic mass is 10.0. The molecule has 0 fully saturated rings. The maximum absolute atomic E-state index is 13.2. The first-order chi connectivity index (χ1) is 15.0. The summed E-state index contributed by atoms with van der Waals surface area (Å²) in [5.74, 6) is -0.882. The van der Waals surface area contributed by atoms with E-state index in [4.69, 9.17) is 11.6 Å². The first-order valence-electron chi connectivity index (χ1n) is 9.70. The van der Waals surface area contributed by atoms with Gasteiger partial charge in [-0.2, -0.15) is 0 Å². The fourth-order valence-corrected chi connectivity index (χ4v) is 3.83. The van der Waals surface area contributed by atoms with E-state index >= 15 is 0 Å². The molecule has 4 rings (SSSR count). The van der Waals surface area contributed by atoms with Crippen LogP contribution in [0.2, 0.25) is 5.02 Å². The molecular weight excluding hydrogens is 418 g/mol. The number of para-hydroxylation sites is 2. The highest BCUT2D eigenvalue weighted by Gasteiger charge is 2.25. The van der Waals surface area contributed by atoms with Crippen LogP contribution in [0.4, 0.5) is 17.1 Å². The van der Waals surface area contributed by atoms with Gasteiger partial charge < -0.3 is 10.2 Å². The number of amides is 2. The fourth-order valence-electron chi connectivity index (χ4n) is 3.67. The SMILES string of the molecule is O=C(Nc1cc(C(=O)N2CCCc3ccccc32)ccc1Cl)c1ccccc1[N+](=O)[O-]. The van der Waals surface area contributed by atoms with E-state index in [0.717, 1.165) is 24.1 Å². The molecular formula is C23H18ClN3O4. The second-order valence-electron chi connectivity index (χ2n) is 7.11. The summed E-state index contributed by atoms with van der Waals surface area (Å²) < 4.78 is 0. The van der Waals surface area contributed by atoms with Gasteiger partial charge in [0, 0.05) is 23.9 Å². The number of rotatable bonds is 4. The first-order valence-corrected chi connectivity index (χ1v) is 10.1. The molecule has 0 bridgehead atoms. The average Bonchev–Trinajstić information content (AvgIpc) is 2.79. The van der Waals surface area contributed by atoms with Gasteiger partial charge in [0.2, 0.25) is 0 Å². The third kappa shape index (κ3) is 4.13. The summed E-state index contributed by atoms with van der Waals surface area (Å²) in [6.07, 6.45) is 1.77. The molecule has 0 unspecified atom stereocenters. The maximum atomic E-state index is 13.2. The zero-order chi connectivity index (χ0) is 22.0. The molecule has 0 aromatic heterocycles. The molecule has 0 atom stereocenters. The Kier molecular flexibility index (Phi) is 5.68. The molecule has 31 heavy (non-hydrogen) atoms. The highest BCUT2D eigenvalue weighted by Crippen LogP contribution is 2.30. The lowest BCUT2D eigenvalue weighted by molar-refractivity contribution is -0.385. The first kappa shape index (κ1) is 20.6. The van der Waals surface area contributed by atoms with E-state index in [1.165, 1.54) is 36.4 Å². The molecule has 1 aliphatic rings. The normalized spacial score (nSPS) is 12.7. The molecule has 0 aliphatic carbocycles. The Morgan fingerprint density at radius 3 is 2.58 bits per heavy atom. The van der Waals surface area contributed by atoms with Gasteiger partial charge in [-0.25, -0.2) is 0 Å². The van der Waals surface area contributed by atoms with Crippen LogP contribution < -0.4 is 10.2 Å². The van der Waals surface area contributed by atoms with Crippen molar-refractivity contribution in [2.24, 2.45) is 0 Å². The summed E-state index contributed by atoms with van der Waals surface area (Å²) >= 11 is 6.23. The zero-order valence-corrected chi connectivity index (χ0v) is 17.1. The number of hydrogen-bond donors (Lipinski definition) is 1. The van der Waals surface area contributed by atoms with Crippen LogP contribution >= 0.6 is 11.6 Å². The number of nitro groups is 1. The van der Waals surface area contributed by atoms with Gasteiger partial charge in [0.05, 0.1) is 15.6 Å². The summed E-state index contributed by atoms with van der Waals surface area (Å²) in [6.45, 7) is 0.594. The van der Waals surface area contributed by atoms with Gasteiger partial charge in [0.1, 0.15) is 5.56 Å². The van der Waals surface area contributed by atoms with Crippen molar-refractivity contribution in [3.8, 4) is 0 Å². The van der Waals surface area contributed by atoms with Gasteiger partial charge in [-0.3, -0.25) is 19.7 Å². The molecule has 0 spiro atoms. The quantitative estimate of drug-likeness (QED) is 0.456. The van der Waals surface area contributed by atoms with Crippen LogP contribution in [0.1, 0.15) is 32.7 Å². The van der Waals surface area contributed by atoms with Crippen molar-refractivity contribution < 1.29 is 14.5 Å². The summed E-state index contributed by atoms with van der Waals surface area (Å²) in [5.41, 5.74) is 2.15. The van der Waals surface area contributed by atoms with E-state index in [-0.39, 0.29) is 27.9 Å². The Bertz CT molecular complexity index is 1190. The smallest absolute Gasteiger partial charge is 0.282 e. The molecule has 1 heterocycles. The van der Waals surface area contributed by atoms with E-state index in [1.807, 2.05) is 24.3 Å². The Balaban J connectivity index is 1.62. The standard InChI is InChI=1S/C23H18ClN3O4/c24-18-12-11-16(23(29)26-13-5-7-15-6-1-3-9-20(15)26)14-19(18)25-22(28)17-8-2-4-10-21(17)27(30)31/h1-4,6,8-12,14H,5,7,13H2,(H,25,28). The van der Waals surface area contributed by atoms with Crippen LogP contribution in [0.5, 0.6) is 0 Å². The number of nitro benzene ring substituents is 1. The second kappa shape index (κ2) is 8.57. The van der Waals surface area contributed by atoms with E-state index < -0.39 is 10.8 Å². The Hall–Kier alpha value is -3.71. The third-order valence-electron chi connectivity index (χ3n) is 5.16. The van der Waals surface area contributed by atoms with Gasteiger partial charge >= 0.3 is 0 Å². The number of hydrogen-bond acceptors (Lipinski definition) is 4. The van der Waals surface area contributed by atoms with Crippen molar-refractivity contribution in [3.63, 3.8) is 0 Å². The largest absolute Gasteiger partial charge is 0.320 e. The number of aryl methyl sites for hydroxylation is 1. The molecule has 1 aliphatic heterocycles. The highest BCUT2D eigenvalue weighted by atomic mass is 35.5. The monoisotopic (exact) mass is 435 g/mol. The lowest BCUT2D eigenvalue weighted by Gasteiger charge is -2.29. The molecule has 1 N–H and O–H groups in total. The molecule has 2 amide bonds. The number of fused-ring (bicyclic) bond motifs is 1. The predicted octanol–water partition coefficient (Wildman–Crippen LogP) is 5.09. The number of nitrogens with one attached hydrogen (secondary N) is 1. The number of anilines is 2. The maximum Gasteiger partial charge on any atom is 0.282 e. The van der Waals surface area contributed by atoms with Gasteiger partial charge in [0.25, 0.3) is 17.5 Å². The summed E-state index contributed by atoms with van der Waals surface area (Å²) in [7, 11) is 0. The molecule has 156 valence electrons. The van der Waals surface area contributed by atoms with Gasteiger partial charge in [-0.05, 0) is 48.7 Å². The zero-order valence-electron chi connectivity index (χ0n) is 16.4. The predicted molar refractivity (Wildman–Crippen MR) is 119 cm³/mol. The molecule has 0 saturated carbocycles. The Morgan fingerprint density at radius 2 is 1.77 bits per heavy atom. The van der Waals surface area contributed by atoms with Crippen molar-refractivity contribution in [2.45, 2.75) is 12.8 Å². The highest BCUT2D eigenvalue weighted by molar-refractivity contribution is 6.34. The van der Waals surface area contributed by atoms with Crippen molar-refractivity contribution in [1.82, 2.24) is 0 Å². The van der Waals surface area contributed by atoms with Gasteiger partial charge in [0.15, 0.2) is 0 Å². The van der Waals surface area contributed by atoms with Crippen LogP contribution in [0.3, 0.4) is 0 Å². The lowest BCUT2D eigenvalue weighted by Crippen LogP contribution is -2.35. The van der Waals surface area contributed by atoms with E-state index in [1.54, 1.807) is 11.0 Å². The van der Waals surface area contributed by atoms with E-state index in [2.05, 4.69) is 5.32 Å². The van der Waals surface area contributed by atoms with Crippen LogP contribution in [-0.2, 0) is 6.42 Å². The Labute approximate surface area is 183 Å². The molecule has 3 aromatic carbocycles. The summed E-state index contributed by atoms with van der Waals surface area (Å²) in [6, 6.07) is 18.0. The van der Waals surface area contributed by atoms with Crippen LogP contribution in [0, 0.1) is 10.1 Å². The molecule has 3 aromatic rings. The van der Waals surface area contributed by atoms with Crippen molar-refractivity contribution in [1.29, 1.82) is 0 Å². The molecule has 8 heteroatoms. The van der Waals surface area contributed by atoms with Crippen molar-refractivity contribution in [3.05, 3.63) is 98.6 Å². The van der Waals surface area contributed by atoms with Crippen molar-refractivity contribution >= 4 is 40.5 Å². The average molecular weight is 436 g/mol. The molecule has 7 nitrogen and oxygen atoms in total. The third-order valence-corrected chi connectivity index (χ3v) is 5.49. The fraction of sp³-hybridized carbons (Fsp3) is 0.130. The van der Waals surface area contributed by atoms with Crippen LogP contribution in [-0.4, -0.2) is 23.3 Å². The van der Waals surface area contributed by atoms with Gasteiger partial charge in [-0.1, -0.05) is 41.9 Å². The second-order valence-corrected chi connectivity index (χ2v) is 7.52. The number of benzene rings is 3. The van der Waals surface area contributed by atoms with Crippen LogP contribution in [0.25, 0.3) is 0 Å². The summed E-state index contributed by atoms with van der Waals surface area (Å²) in [5, 5.41) is 14.0. The molecule has 0 radical (unpaired) electrons. The minimum absolute atomic E-state index is 0.0924. The van der Waals surface area contributed by atoms with Crippen LogP contribution in [0.15, 0.2) is 66.7 Å². The van der Waals surface area contributed by atoms with Crippen molar-refractivity contribution in [2.75, 3.05) is 16.8 Å². The minimum Gasteiger partial charge on any atom is -0.320 e. The number of carbonyl (C=O) groups excluding carboxylic acids is 2. The molecule has 0 saturated heterocycles. The van der Waals surface area contributed by atoms with Gasteiger partial charge in [-0.15, -0.1) is 0 Å². The topological polar surface area (TPSA) is 92.6 Å². The Morgan fingerprint density at radius 1 is 1.03 bits per heavy atom. The minimum atomic E-state index is -0.679. The summed E-state index contributed by atoms with van der Waals surface area (Å²) in [4.78, 5) is 38.2. The van der Waals surface area contributed by atoms with E-state index in [0.29, 0.717) is 12.1 Å². The number of nitrogens with zero attached hydrogens (tertiary/aromatic N) is 2. The number of carbonyl (C=O) groups is 2.